The minimum atomic E-state index is -3.00. The SMILES string of the molecule is Cc1nn(CCS(C)(=O)=O)c(C)c1-c1ccc2cnccc2c1. The van der Waals surface area contributed by atoms with Crippen LogP contribution in [0.4, 0.5) is 0 Å². The topological polar surface area (TPSA) is 64.8 Å². The Kier molecular flexibility index (Phi) is 3.93. The second-order valence-corrected chi connectivity index (χ2v) is 8.10. The third-order valence-corrected chi connectivity index (χ3v) is 4.91. The van der Waals surface area contributed by atoms with Crippen molar-refractivity contribution < 1.29 is 8.42 Å². The zero-order chi connectivity index (χ0) is 16.6. The third kappa shape index (κ3) is 3.27. The van der Waals surface area contributed by atoms with Gasteiger partial charge in [-0.1, -0.05) is 12.1 Å². The molecule has 0 amide bonds. The zero-order valence-electron chi connectivity index (χ0n) is 13.4. The van der Waals surface area contributed by atoms with E-state index in [0.29, 0.717) is 6.54 Å². The number of aromatic nitrogens is 3. The van der Waals surface area contributed by atoms with E-state index in [1.165, 1.54) is 6.26 Å². The van der Waals surface area contributed by atoms with Crippen LogP contribution in [0.25, 0.3) is 21.9 Å². The van der Waals surface area contributed by atoms with Crippen LogP contribution >= 0.6 is 0 Å². The van der Waals surface area contributed by atoms with Crippen LogP contribution in [-0.2, 0) is 16.4 Å². The van der Waals surface area contributed by atoms with Crippen molar-refractivity contribution in [3.8, 4) is 11.1 Å². The van der Waals surface area contributed by atoms with E-state index in [4.69, 9.17) is 0 Å². The standard InChI is InChI=1S/C17H19N3O2S/c1-12-17(13(2)20(19-12)8-9-23(3,21)22)15-4-5-16-11-18-7-6-14(16)10-15/h4-7,10-11H,8-9H2,1-3H3. The Morgan fingerprint density at radius 3 is 2.65 bits per heavy atom. The normalized spacial score (nSPS) is 12.0. The summed E-state index contributed by atoms with van der Waals surface area (Å²) >= 11 is 0. The van der Waals surface area contributed by atoms with Gasteiger partial charge in [0.2, 0.25) is 0 Å². The largest absolute Gasteiger partial charge is 0.268 e. The molecule has 0 N–H and O–H groups in total. The smallest absolute Gasteiger partial charge is 0.149 e. The highest BCUT2D eigenvalue weighted by Gasteiger charge is 2.15. The number of hydrogen-bond donors (Lipinski definition) is 0. The van der Waals surface area contributed by atoms with Crippen molar-refractivity contribution in [2.24, 2.45) is 0 Å². The van der Waals surface area contributed by atoms with E-state index in [2.05, 4.69) is 22.2 Å². The Morgan fingerprint density at radius 1 is 1.13 bits per heavy atom. The van der Waals surface area contributed by atoms with Crippen LogP contribution in [0.2, 0.25) is 0 Å². The molecule has 0 spiro atoms. The Hall–Kier alpha value is -2.21. The van der Waals surface area contributed by atoms with Crippen LogP contribution in [0.15, 0.2) is 36.7 Å². The predicted octanol–water partition coefficient (Wildman–Crippen LogP) is 2.76. The molecule has 0 atom stereocenters. The van der Waals surface area contributed by atoms with E-state index < -0.39 is 9.84 Å². The second-order valence-electron chi connectivity index (χ2n) is 5.84. The second kappa shape index (κ2) is 5.77. The van der Waals surface area contributed by atoms with E-state index in [-0.39, 0.29) is 5.75 Å². The van der Waals surface area contributed by atoms with Gasteiger partial charge in [0, 0.05) is 35.3 Å². The third-order valence-electron chi connectivity index (χ3n) is 3.98. The highest BCUT2D eigenvalue weighted by molar-refractivity contribution is 7.90. The quantitative estimate of drug-likeness (QED) is 0.738. The van der Waals surface area contributed by atoms with Gasteiger partial charge in [0.1, 0.15) is 9.84 Å². The van der Waals surface area contributed by atoms with E-state index in [1.807, 2.05) is 32.2 Å². The van der Waals surface area contributed by atoms with Gasteiger partial charge < -0.3 is 0 Å². The molecule has 120 valence electrons. The first-order chi connectivity index (χ1) is 10.8. The Balaban J connectivity index is 2.03. The number of rotatable bonds is 4. The Labute approximate surface area is 135 Å². The molecule has 3 rings (SSSR count). The van der Waals surface area contributed by atoms with Crippen molar-refractivity contribution in [2.75, 3.05) is 12.0 Å². The lowest BCUT2D eigenvalue weighted by molar-refractivity contribution is 0.581. The molecule has 0 aliphatic carbocycles. The van der Waals surface area contributed by atoms with Crippen LogP contribution < -0.4 is 0 Å². The molecule has 0 bridgehead atoms. The number of pyridine rings is 1. The molecular formula is C17H19N3O2S. The maximum Gasteiger partial charge on any atom is 0.149 e. The molecule has 0 unspecified atom stereocenters. The van der Waals surface area contributed by atoms with Crippen molar-refractivity contribution >= 4 is 20.6 Å². The van der Waals surface area contributed by atoms with Gasteiger partial charge in [0.25, 0.3) is 0 Å². The summed E-state index contributed by atoms with van der Waals surface area (Å²) in [6.07, 6.45) is 4.87. The molecule has 0 aliphatic heterocycles. The lowest BCUT2D eigenvalue weighted by atomic mass is 10.0. The highest BCUT2D eigenvalue weighted by atomic mass is 32.2. The summed E-state index contributed by atoms with van der Waals surface area (Å²) in [5.41, 5.74) is 4.05. The van der Waals surface area contributed by atoms with Crippen LogP contribution in [0.1, 0.15) is 11.4 Å². The van der Waals surface area contributed by atoms with Gasteiger partial charge in [0.15, 0.2) is 0 Å². The fraction of sp³-hybridized carbons (Fsp3) is 0.294. The average molecular weight is 329 g/mol. The maximum absolute atomic E-state index is 11.4. The fourth-order valence-electron chi connectivity index (χ4n) is 2.82. The minimum absolute atomic E-state index is 0.0950. The molecule has 0 saturated heterocycles. The molecule has 23 heavy (non-hydrogen) atoms. The average Bonchev–Trinajstić information content (AvgIpc) is 2.78. The molecule has 3 aromatic rings. The van der Waals surface area contributed by atoms with Gasteiger partial charge in [-0.2, -0.15) is 5.10 Å². The molecule has 0 radical (unpaired) electrons. The summed E-state index contributed by atoms with van der Waals surface area (Å²) in [7, 11) is -3.00. The summed E-state index contributed by atoms with van der Waals surface area (Å²) in [5.74, 6) is 0.0950. The molecule has 0 aliphatic rings. The summed E-state index contributed by atoms with van der Waals surface area (Å²) in [6, 6.07) is 8.21. The monoisotopic (exact) mass is 329 g/mol. The lowest BCUT2D eigenvalue weighted by Crippen LogP contribution is -2.13. The summed E-state index contributed by atoms with van der Waals surface area (Å²) in [4.78, 5) is 4.13. The maximum atomic E-state index is 11.4. The number of sulfone groups is 1. The molecular weight excluding hydrogens is 310 g/mol. The molecule has 0 fully saturated rings. The van der Waals surface area contributed by atoms with Gasteiger partial charge in [0.05, 0.1) is 18.0 Å². The van der Waals surface area contributed by atoms with Crippen LogP contribution in [-0.4, -0.2) is 35.2 Å². The number of aryl methyl sites for hydroxylation is 2. The van der Waals surface area contributed by atoms with Crippen LogP contribution in [0, 0.1) is 13.8 Å². The molecule has 5 nitrogen and oxygen atoms in total. The van der Waals surface area contributed by atoms with Gasteiger partial charge in [-0.25, -0.2) is 8.42 Å². The van der Waals surface area contributed by atoms with E-state index in [1.54, 1.807) is 10.9 Å². The first-order valence-corrected chi connectivity index (χ1v) is 9.47. The van der Waals surface area contributed by atoms with E-state index >= 15 is 0 Å². The Morgan fingerprint density at radius 2 is 1.91 bits per heavy atom. The van der Waals surface area contributed by atoms with Crippen molar-refractivity contribution in [1.29, 1.82) is 0 Å². The summed E-state index contributed by atoms with van der Waals surface area (Å²) < 4.78 is 24.5. The van der Waals surface area contributed by atoms with Crippen LogP contribution in [0.5, 0.6) is 0 Å². The zero-order valence-corrected chi connectivity index (χ0v) is 14.3. The molecule has 0 saturated carbocycles. The first kappa shape index (κ1) is 15.7. The van der Waals surface area contributed by atoms with Crippen molar-refractivity contribution in [3.05, 3.63) is 48.0 Å². The van der Waals surface area contributed by atoms with Crippen molar-refractivity contribution in [2.45, 2.75) is 20.4 Å². The van der Waals surface area contributed by atoms with Gasteiger partial charge in [-0.15, -0.1) is 0 Å². The lowest BCUT2D eigenvalue weighted by Gasteiger charge is -2.06. The van der Waals surface area contributed by atoms with Crippen LogP contribution in [0.3, 0.4) is 0 Å². The van der Waals surface area contributed by atoms with Gasteiger partial charge in [-0.3, -0.25) is 9.67 Å². The number of fused-ring (bicyclic) bond motifs is 1. The molecule has 1 aromatic carbocycles. The number of benzene rings is 1. The van der Waals surface area contributed by atoms with Crippen molar-refractivity contribution in [3.63, 3.8) is 0 Å². The number of nitrogens with zero attached hydrogens (tertiary/aromatic N) is 3. The van der Waals surface area contributed by atoms with Gasteiger partial charge >= 0.3 is 0 Å². The first-order valence-electron chi connectivity index (χ1n) is 7.41. The fourth-order valence-corrected chi connectivity index (χ4v) is 3.33. The van der Waals surface area contributed by atoms with Crippen molar-refractivity contribution in [1.82, 2.24) is 14.8 Å². The predicted molar refractivity (Wildman–Crippen MR) is 92.1 cm³/mol. The molecule has 2 heterocycles. The molecule has 2 aromatic heterocycles. The highest BCUT2D eigenvalue weighted by Crippen LogP contribution is 2.29. The van der Waals surface area contributed by atoms with E-state index in [0.717, 1.165) is 33.3 Å². The Bertz CT molecular complexity index is 975. The van der Waals surface area contributed by atoms with E-state index in [9.17, 15) is 8.42 Å². The van der Waals surface area contributed by atoms with Gasteiger partial charge in [-0.05, 0) is 36.9 Å². The minimum Gasteiger partial charge on any atom is -0.268 e. The molecule has 6 heteroatoms. The summed E-state index contributed by atoms with van der Waals surface area (Å²) in [6.45, 7) is 4.31. The summed E-state index contributed by atoms with van der Waals surface area (Å²) in [5, 5.41) is 6.73. The number of hydrogen-bond acceptors (Lipinski definition) is 4.